The van der Waals surface area contributed by atoms with Crippen molar-refractivity contribution in [3.05, 3.63) is 41.5 Å². The van der Waals surface area contributed by atoms with Crippen molar-refractivity contribution in [3.63, 3.8) is 0 Å². The van der Waals surface area contributed by atoms with E-state index < -0.39 is 10.0 Å². The Kier molecular flexibility index (Phi) is 4.48. The molecule has 0 aliphatic rings. The third-order valence-electron chi connectivity index (χ3n) is 2.80. The maximum Gasteiger partial charge on any atom is 0.241 e. The van der Waals surface area contributed by atoms with Gasteiger partial charge in [-0.25, -0.2) is 13.1 Å². The van der Waals surface area contributed by atoms with Crippen LogP contribution in [0.1, 0.15) is 26.3 Å². The van der Waals surface area contributed by atoms with Crippen LogP contribution in [0.15, 0.2) is 40.8 Å². The smallest absolute Gasteiger partial charge is 0.207 e. The molecule has 0 amide bonds. The van der Waals surface area contributed by atoms with E-state index in [0.29, 0.717) is 4.90 Å². The number of allylic oxidation sites excluding steroid dienone is 1. The standard InChI is InChI=1S/C13H19NO2S/c1-5-11(3)12(4)14-17(15,16)13-8-6-10(2)7-9-13/h5-9,12,14H,1-4H3/b11-5+/t12-/m1/s1. The molecule has 0 spiro atoms. The molecule has 94 valence electrons. The van der Waals surface area contributed by atoms with Crippen molar-refractivity contribution in [3.8, 4) is 0 Å². The minimum Gasteiger partial charge on any atom is -0.207 e. The maximum absolute atomic E-state index is 12.0. The topological polar surface area (TPSA) is 46.2 Å². The molecular weight excluding hydrogens is 234 g/mol. The van der Waals surface area contributed by atoms with Gasteiger partial charge in [0.2, 0.25) is 10.0 Å². The maximum atomic E-state index is 12.0. The third kappa shape index (κ3) is 3.68. The van der Waals surface area contributed by atoms with Crippen molar-refractivity contribution < 1.29 is 8.42 Å². The van der Waals surface area contributed by atoms with Gasteiger partial charge in [0.15, 0.2) is 0 Å². The molecule has 1 rings (SSSR count). The fraction of sp³-hybridized carbons (Fsp3) is 0.385. The van der Waals surface area contributed by atoms with Gasteiger partial charge in [0.05, 0.1) is 4.90 Å². The second kappa shape index (κ2) is 5.47. The Hall–Kier alpha value is -1.13. The van der Waals surface area contributed by atoms with Crippen LogP contribution in [0, 0.1) is 6.92 Å². The molecule has 0 aromatic heterocycles. The molecule has 3 nitrogen and oxygen atoms in total. The second-order valence-electron chi connectivity index (χ2n) is 4.19. The SMILES string of the molecule is C/C=C(\C)[C@@H](C)NS(=O)(=O)c1ccc(C)cc1. The van der Waals surface area contributed by atoms with Crippen molar-refractivity contribution >= 4 is 10.0 Å². The lowest BCUT2D eigenvalue weighted by atomic mass is 10.2. The zero-order chi connectivity index (χ0) is 13.1. The van der Waals surface area contributed by atoms with E-state index in [1.165, 1.54) is 0 Å². The van der Waals surface area contributed by atoms with Crippen LogP contribution in [0.5, 0.6) is 0 Å². The first-order valence-corrected chi connectivity index (χ1v) is 7.07. The van der Waals surface area contributed by atoms with Gasteiger partial charge in [-0.3, -0.25) is 0 Å². The lowest BCUT2D eigenvalue weighted by molar-refractivity contribution is 0.573. The van der Waals surface area contributed by atoms with E-state index in [2.05, 4.69) is 4.72 Å². The van der Waals surface area contributed by atoms with Crippen molar-refractivity contribution in [2.45, 2.75) is 38.6 Å². The number of hydrogen-bond acceptors (Lipinski definition) is 2. The van der Waals surface area contributed by atoms with Crippen LogP contribution in [0.25, 0.3) is 0 Å². The first-order chi connectivity index (χ1) is 7.86. The van der Waals surface area contributed by atoms with Crippen LogP contribution in [-0.2, 0) is 10.0 Å². The highest BCUT2D eigenvalue weighted by atomic mass is 32.2. The summed E-state index contributed by atoms with van der Waals surface area (Å²) < 4.78 is 26.7. The van der Waals surface area contributed by atoms with Crippen LogP contribution in [0.4, 0.5) is 0 Å². The van der Waals surface area contributed by atoms with Gasteiger partial charge in [-0.1, -0.05) is 29.3 Å². The van der Waals surface area contributed by atoms with E-state index in [0.717, 1.165) is 11.1 Å². The molecule has 0 bridgehead atoms. The highest BCUT2D eigenvalue weighted by molar-refractivity contribution is 7.89. The zero-order valence-electron chi connectivity index (χ0n) is 10.7. The van der Waals surface area contributed by atoms with Crippen LogP contribution < -0.4 is 4.72 Å². The summed E-state index contributed by atoms with van der Waals surface area (Å²) in [6.45, 7) is 7.56. The molecule has 1 atom stereocenters. The highest BCUT2D eigenvalue weighted by Gasteiger charge is 2.17. The number of benzene rings is 1. The van der Waals surface area contributed by atoms with Crippen molar-refractivity contribution in [1.82, 2.24) is 4.72 Å². The van der Waals surface area contributed by atoms with Crippen LogP contribution in [0.2, 0.25) is 0 Å². The van der Waals surface area contributed by atoms with Crippen LogP contribution in [0.3, 0.4) is 0 Å². The summed E-state index contributed by atoms with van der Waals surface area (Å²) >= 11 is 0. The summed E-state index contributed by atoms with van der Waals surface area (Å²) in [6.07, 6.45) is 1.91. The number of sulfonamides is 1. The number of aryl methyl sites for hydroxylation is 1. The zero-order valence-corrected chi connectivity index (χ0v) is 11.5. The average molecular weight is 253 g/mol. The Morgan fingerprint density at radius 2 is 1.82 bits per heavy atom. The van der Waals surface area contributed by atoms with Gasteiger partial charge in [0.1, 0.15) is 0 Å². The predicted molar refractivity (Wildman–Crippen MR) is 70.4 cm³/mol. The number of hydrogen-bond donors (Lipinski definition) is 1. The van der Waals surface area contributed by atoms with Crippen LogP contribution in [-0.4, -0.2) is 14.5 Å². The summed E-state index contributed by atoms with van der Waals surface area (Å²) in [5.41, 5.74) is 2.04. The molecule has 17 heavy (non-hydrogen) atoms. The molecule has 0 radical (unpaired) electrons. The molecule has 4 heteroatoms. The Labute approximate surface area is 104 Å². The van der Waals surface area contributed by atoms with E-state index in [1.54, 1.807) is 24.3 Å². The molecule has 0 aliphatic heterocycles. The molecule has 0 saturated heterocycles. The molecular formula is C13H19NO2S. The normalized spacial score (nSPS) is 14.7. The largest absolute Gasteiger partial charge is 0.241 e. The van der Waals surface area contributed by atoms with Crippen LogP contribution >= 0.6 is 0 Å². The lowest BCUT2D eigenvalue weighted by Gasteiger charge is -2.14. The minimum atomic E-state index is -3.42. The second-order valence-corrected chi connectivity index (χ2v) is 5.90. The fourth-order valence-corrected chi connectivity index (χ4v) is 2.64. The quantitative estimate of drug-likeness (QED) is 0.838. The fourth-order valence-electron chi connectivity index (χ4n) is 1.36. The minimum absolute atomic E-state index is 0.189. The van der Waals surface area contributed by atoms with E-state index in [9.17, 15) is 8.42 Å². The molecule has 1 aromatic carbocycles. The van der Waals surface area contributed by atoms with Gasteiger partial charge in [-0.15, -0.1) is 0 Å². The van der Waals surface area contributed by atoms with Gasteiger partial charge in [0.25, 0.3) is 0 Å². The monoisotopic (exact) mass is 253 g/mol. The predicted octanol–water partition coefficient (Wildman–Crippen LogP) is 2.63. The first-order valence-electron chi connectivity index (χ1n) is 5.58. The molecule has 0 fully saturated rings. The molecule has 1 aromatic rings. The molecule has 0 aliphatic carbocycles. The Balaban J connectivity index is 2.93. The van der Waals surface area contributed by atoms with Gasteiger partial charge < -0.3 is 0 Å². The summed E-state index contributed by atoms with van der Waals surface area (Å²) in [4.78, 5) is 0.304. The molecule has 0 unspecified atom stereocenters. The van der Waals surface area contributed by atoms with Gasteiger partial charge in [-0.2, -0.15) is 0 Å². The molecule has 1 N–H and O–H groups in total. The number of rotatable bonds is 4. The van der Waals surface area contributed by atoms with E-state index in [1.807, 2.05) is 33.8 Å². The van der Waals surface area contributed by atoms with E-state index in [4.69, 9.17) is 0 Å². The number of nitrogens with one attached hydrogen (secondary N) is 1. The summed E-state index contributed by atoms with van der Waals surface area (Å²) in [6, 6.07) is 6.64. The third-order valence-corrected chi connectivity index (χ3v) is 4.36. The average Bonchev–Trinajstić information content (AvgIpc) is 2.27. The van der Waals surface area contributed by atoms with Gasteiger partial charge in [-0.05, 0) is 39.8 Å². The van der Waals surface area contributed by atoms with Crippen molar-refractivity contribution in [2.24, 2.45) is 0 Å². The highest BCUT2D eigenvalue weighted by Crippen LogP contribution is 2.12. The summed E-state index contributed by atoms with van der Waals surface area (Å²) in [7, 11) is -3.42. The van der Waals surface area contributed by atoms with Crippen molar-refractivity contribution in [2.75, 3.05) is 0 Å². The first kappa shape index (κ1) is 13.9. The Bertz CT molecular complexity index is 501. The van der Waals surface area contributed by atoms with Crippen molar-refractivity contribution in [1.29, 1.82) is 0 Å². The lowest BCUT2D eigenvalue weighted by Crippen LogP contribution is -2.33. The summed E-state index contributed by atoms with van der Waals surface area (Å²) in [5.74, 6) is 0. The Morgan fingerprint density at radius 3 is 2.29 bits per heavy atom. The van der Waals surface area contributed by atoms with Gasteiger partial charge >= 0.3 is 0 Å². The summed E-state index contributed by atoms with van der Waals surface area (Å²) in [5, 5.41) is 0. The molecule has 0 heterocycles. The Morgan fingerprint density at radius 1 is 1.29 bits per heavy atom. The van der Waals surface area contributed by atoms with Gasteiger partial charge in [0, 0.05) is 6.04 Å². The molecule has 0 saturated carbocycles. The van der Waals surface area contributed by atoms with E-state index >= 15 is 0 Å². The van der Waals surface area contributed by atoms with E-state index in [-0.39, 0.29) is 6.04 Å².